The van der Waals surface area contributed by atoms with Crippen molar-refractivity contribution < 1.29 is 4.74 Å². The molecule has 0 amide bonds. The third-order valence-corrected chi connectivity index (χ3v) is 3.50. The van der Waals surface area contributed by atoms with Crippen molar-refractivity contribution in [3.8, 4) is 0 Å². The van der Waals surface area contributed by atoms with Gasteiger partial charge in [0.15, 0.2) is 0 Å². The van der Waals surface area contributed by atoms with Crippen LogP contribution in [0, 0.1) is 0 Å². The van der Waals surface area contributed by atoms with E-state index in [0.29, 0.717) is 5.92 Å². The molecule has 0 aromatic carbocycles. The molecule has 1 atom stereocenters. The van der Waals surface area contributed by atoms with Crippen LogP contribution in [-0.4, -0.2) is 12.1 Å². The lowest BCUT2D eigenvalue weighted by molar-refractivity contribution is 0.119. The van der Waals surface area contributed by atoms with Crippen molar-refractivity contribution >= 4 is 21.6 Å². The van der Waals surface area contributed by atoms with Crippen LogP contribution in [0.5, 0.6) is 0 Å². The number of methoxy groups -OCH3 is 1. The van der Waals surface area contributed by atoms with Gasteiger partial charge in [-0.3, -0.25) is 4.98 Å². The van der Waals surface area contributed by atoms with Crippen molar-refractivity contribution in [3.05, 3.63) is 21.9 Å². The number of aromatic nitrogens is 1. The van der Waals surface area contributed by atoms with Crippen LogP contribution >= 0.6 is 15.9 Å². The Hall–Kier alpha value is -0.610. The molecule has 0 bridgehead atoms. The molecule has 82 valence electrons. The predicted octanol–water partition coefficient (Wildman–Crippen LogP) is 3.01. The number of ether oxygens (including phenoxy) is 1. The van der Waals surface area contributed by atoms with Crippen LogP contribution in [0.25, 0.3) is 0 Å². The monoisotopic (exact) mass is 270 g/mol. The number of anilines is 1. The molecule has 4 heteroatoms. The zero-order valence-electron chi connectivity index (χ0n) is 8.96. The molecule has 0 radical (unpaired) electrons. The molecule has 1 fully saturated rings. The Labute approximate surface area is 98.2 Å². The van der Waals surface area contributed by atoms with Gasteiger partial charge in [0, 0.05) is 29.3 Å². The van der Waals surface area contributed by atoms with E-state index < -0.39 is 0 Å². The summed E-state index contributed by atoms with van der Waals surface area (Å²) in [6.45, 7) is 1.99. The highest BCUT2D eigenvalue weighted by Gasteiger charge is 2.29. The minimum Gasteiger partial charge on any atom is -0.397 e. The Morgan fingerprint density at radius 3 is 2.80 bits per heavy atom. The molecule has 2 N–H and O–H groups in total. The lowest BCUT2D eigenvalue weighted by Gasteiger charge is -2.16. The number of hydrogen-bond acceptors (Lipinski definition) is 3. The van der Waals surface area contributed by atoms with Crippen LogP contribution in [0.15, 0.2) is 10.7 Å². The molecule has 1 aliphatic rings. The SMILES string of the molecule is COC(C)c1c(Br)cnc(C2CC2)c1N. The highest BCUT2D eigenvalue weighted by molar-refractivity contribution is 9.10. The van der Waals surface area contributed by atoms with Crippen molar-refractivity contribution in [2.24, 2.45) is 0 Å². The summed E-state index contributed by atoms with van der Waals surface area (Å²) in [5, 5.41) is 0. The molecule has 0 saturated heterocycles. The van der Waals surface area contributed by atoms with E-state index in [4.69, 9.17) is 10.5 Å². The number of nitrogen functional groups attached to an aromatic ring is 1. The van der Waals surface area contributed by atoms with E-state index in [2.05, 4.69) is 20.9 Å². The maximum absolute atomic E-state index is 6.13. The molecule has 0 aliphatic heterocycles. The first-order chi connectivity index (χ1) is 7.15. The van der Waals surface area contributed by atoms with Crippen molar-refractivity contribution in [1.82, 2.24) is 4.98 Å². The summed E-state index contributed by atoms with van der Waals surface area (Å²) in [6.07, 6.45) is 4.24. The fourth-order valence-corrected chi connectivity index (χ4v) is 2.38. The van der Waals surface area contributed by atoms with Gasteiger partial charge in [-0.25, -0.2) is 0 Å². The van der Waals surface area contributed by atoms with Gasteiger partial charge in [0.1, 0.15) is 0 Å². The number of rotatable bonds is 3. The van der Waals surface area contributed by atoms with E-state index >= 15 is 0 Å². The summed E-state index contributed by atoms with van der Waals surface area (Å²) in [5.74, 6) is 0.570. The lowest BCUT2D eigenvalue weighted by atomic mass is 10.1. The van der Waals surface area contributed by atoms with Gasteiger partial charge in [-0.05, 0) is 35.7 Å². The Balaban J connectivity index is 2.45. The molecule has 0 spiro atoms. The Bertz CT molecular complexity index is 377. The van der Waals surface area contributed by atoms with E-state index in [0.717, 1.165) is 21.4 Å². The molecule has 15 heavy (non-hydrogen) atoms. The fourth-order valence-electron chi connectivity index (χ4n) is 1.75. The summed E-state index contributed by atoms with van der Waals surface area (Å²) < 4.78 is 6.24. The van der Waals surface area contributed by atoms with Gasteiger partial charge in [0.05, 0.1) is 17.5 Å². The van der Waals surface area contributed by atoms with Gasteiger partial charge in [0.25, 0.3) is 0 Å². The molecule has 1 saturated carbocycles. The van der Waals surface area contributed by atoms with Crippen LogP contribution in [0.1, 0.15) is 43.0 Å². The van der Waals surface area contributed by atoms with Gasteiger partial charge in [0.2, 0.25) is 0 Å². The summed E-state index contributed by atoms with van der Waals surface area (Å²) in [7, 11) is 1.69. The largest absolute Gasteiger partial charge is 0.397 e. The van der Waals surface area contributed by atoms with E-state index in [1.165, 1.54) is 12.8 Å². The zero-order chi connectivity index (χ0) is 11.0. The standard InChI is InChI=1S/C11H15BrN2O/c1-6(15-2)9-8(12)5-14-11(10(9)13)7-3-4-7/h5-7H,3-4,13H2,1-2H3. The minimum atomic E-state index is -0.000116. The maximum atomic E-state index is 6.13. The third kappa shape index (κ3) is 2.01. The number of nitrogens with zero attached hydrogens (tertiary/aromatic N) is 1. The van der Waals surface area contributed by atoms with E-state index in [1.54, 1.807) is 7.11 Å². The fraction of sp³-hybridized carbons (Fsp3) is 0.545. The van der Waals surface area contributed by atoms with Gasteiger partial charge >= 0.3 is 0 Å². The van der Waals surface area contributed by atoms with Crippen LogP contribution in [-0.2, 0) is 4.74 Å². The topological polar surface area (TPSA) is 48.1 Å². The Kier molecular flexibility index (Phi) is 2.98. The predicted molar refractivity (Wildman–Crippen MR) is 63.7 cm³/mol. The first kappa shape index (κ1) is 10.9. The second-order valence-corrected chi connectivity index (χ2v) is 4.83. The molecule has 3 nitrogen and oxygen atoms in total. The summed E-state index contributed by atoms with van der Waals surface area (Å²) in [6, 6.07) is 0. The molecular weight excluding hydrogens is 256 g/mol. The second kappa shape index (κ2) is 4.10. The lowest BCUT2D eigenvalue weighted by Crippen LogP contribution is -2.07. The molecule has 2 rings (SSSR count). The highest BCUT2D eigenvalue weighted by Crippen LogP contribution is 2.44. The zero-order valence-corrected chi connectivity index (χ0v) is 10.5. The van der Waals surface area contributed by atoms with Gasteiger partial charge in [-0.2, -0.15) is 0 Å². The smallest absolute Gasteiger partial charge is 0.0825 e. The first-order valence-electron chi connectivity index (χ1n) is 5.11. The molecule has 1 heterocycles. The van der Waals surface area contributed by atoms with Gasteiger partial charge in [-0.1, -0.05) is 0 Å². The minimum absolute atomic E-state index is 0.000116. The van der Waals surface area contributed by atoms with Crippen molar-refractivity contribution in [3.63, 3.8) is 0 Å². The van der Waals surface area contributed by atoms with Crippen molar-refractivity contribution in [2.75, 3.05) is 12.8 Å². The maximum Gasteiger partial charge on any atom is 0.0825 e. The highest BCUT2D eigenvalue weighted by atomic mass is 79.9. The van der Waals surface area contributed by atoms with Crippen LogP contribution in [0.4, 0.5) is 5.69 Å². The van der Waals surface area contributed by atoms with Gasteiger partial charge in [-0.15, -0.1) is 0 Å². The third-order valence-electron chi connectivity index (χ3n) is 2.86. The summed E-state index contributed by atoms with van der Waals surface area (Å²) >= 11 is 3.47. The van der Waals surface area contributed by atoms with Gasteiger partial charge < -0.3 is 10.5 Å². The first-order valence-corrected chi connectivity index (χ1v) is 5.91. The molecular formula is C11H15BrN2O. The Morgan fingerprint density at radius 1 is 1.60 bits per heavy atom. The normalized spacial score (nSPS) is 17.8. The van der Waals surface area contributed by atoms with Crippen LogP contribution in [0.3, 0.4) is 0 Å². The number of hydrogen-bond donors (Lipinski definition) is 1. The molecule has 1 unspecified atom stereocenters. The van der Waals surface area contributed by atoms with Crippen LogP contribution < -0.4 is 5.73 Å². The average molecular weight is 271 g/mol. The summed E-state index contributed by atoms with van der Waals surface area (Å²) in [4.78, 5) is 4.39. The second-order valence-electron chi connectivity index (χ2n) is 3.97. The van der Waals surface area contributed by atoms with E-state index in [1.807, 2.05) is 13.1 Å². The summed E-state index contributed by atoms with van der Waals surface area (Å²) in [5.41, 5.74) is 8.98. The molecule has 1 aliphatic carbocycles. The number of pyridine rings is 1. The quantitative estimate of drug-likeness (QED) is 0.919. The molecule has 1 aromatic rings. The van der Waals surface area contributed by atoms with Crippen molar-refractivity contribution in [1.29, 1.82) is 0 Å². The average Bonchev–Trinajstić information content (AvgIpc) is 3.01. The number of halogens is 1. The van der Waals surface area contributed by atoms with E-state index in [9.17, 15) is 0 Å². The molecule has 1 aromatic heterocycles. The Morgan fingerprint density at radius 2 is 2.27 bits per heavy atom. The van der Waals surface area contributed by atoms with Crippen molar-refractivity contribution in [2.45, 2.75) is 31.8 Å². The van der Waals surface area contributed by atoms with Crippen LogP contribution in [0.2, 0.25) is 0 Å². The number of nitrogens with two attached hydrogens (primary N) is 1. The van der Waals surface area contributed by atoms with E-state index in [-0.39, 0.29) is 6.10 Å².